The highest BCUT2D eigenvalue weighted by Gasteiger charge is 2.37. The van der Waals surface area contributed by atoms with E-state index in [1.165, 1.54) is 17.5 Å². The lowest BCUT2D eigenvalue weighted by Crippen LogP contribution is -2.33. The normalized spacial score (nSPS) is 17.6. The second-order valence-electron chi connectivity index (χ2n) is 10.7. The van der Waals surface area contributed by atoms with E-state index in [-0.39, 0.29) is 17.6 Å². The Bertz CT molecular complexity index is 1270. The van der Waals surface area contributed by atoms with E-state index >= 15 is 0 Å². The van der Waals surface area contributed by atoms with Gasteiger partial charge in [0, 0.05) is 17.9 Å². The van der Waals surface area contributed by atoms with Gasteiger partial charge in [-0.3, -0.25) is 4.79 Å². The molecule has 1 amide bonds. The zero-order chi connectivity index (χ0) is 23.5. The van der Waals surface area contributed by atoms with E-state index in [0.717, 1.165) is 40.4 Å². The Morgan fingerprint density at radius 1 is 0.939 bits per heavy atom. The van der Waals surface area contributed by atoms with Crippen LogP contribution in [0.2, 0.25) is 0 Å². The topological polar surface area (TPSA) is 66.5 Å². The van der Waals surface area contributed by atoms with Crippen LogP contribution in [0.3, 0.4) is 0 Å². The lowest BCUT2D eigenvalue weighted by Gasteiger charge is -2.42. The average Bonchev–Trinajstić information content (AvgIpc) is 3.36. The van der Waals surface area contributed by atoms with Crippen LogP contribution >= 0.6 is 0 Å². The molecule has 172 valence electrons. The van der Waals surface area contributed by atoms with Gasteiger partial charge >= 0.3 is 0 Å². The molecule has 2 aromatic carbocycles. The summed E-state index contributed by atoms with van der Waals surface area (Å²) in [5.74, 6) is 1.12. The molecule has 33 heavy (non-hydrogen) atoms. The SMILES string of the molecule is Cc1c(C(N)=O)cc(-c2ccc3c(c2)C(C)(C)CCC3(C)C)n1Cc1ccc2c(c1)OCO2. The molecule has 1 aromatic heterocycles. The molecule has 5 heteroatoms. The first-order chi connectivity index (χ1) is 15.6. The lowest BCUT2D eigenvalue weighted by molar-refractivity contribution is 0.0999. The number of hydrogen-bond donors (Lipinski definition) is 1. The number of ether oxygens (including phenoxy) is 2. The molecule has 0 saturated heterocycles. The van der Waals surface area contributed by atoms with Crippen molar-refractivity contribution in [3.8, 4) is 22.8 Å². The Hall–Kier alpha value is -3.21. The number of hydrogen-bond acceptors (Lipinski definition) is 3. The lowest BCUT2D eigenvalue weighted by atomic mass is 9.63. The van der Waals surface area contributed by atoms with Crippen molar-refractivity contribution in [1.82, 2.24) is 4.57 Å². The molecule has 0 bridgehead atoms. The standard InChI is InChI=1S/C28H32N2O3/c1-17-20(26(29)31)14-23(30(17)15-18-6-9-24-25(12-18)33-16-32-24)19-7-8-21-22(13-19)28(4,5)11-10-27(21,2)3/h6-9,12-14H,10-11,15-16H2,1-5H3,(H2,29,31). The van der Waals surface area contributed by atoms with E-state index in [1.807, 2.05) is 31.2 Å². The van der Waals surface area contributed by atoms with E-state index in [9.17, 15) is 4.79 Å². The number of rotatable bonds is 4. The molecule has 5 nitrogen and oxygen atoms in total. The highest BCUT2D eigenvalue weighted by Crippen LogP contribution is 2.47. The highest BCUT2D eigenvalue weighted by atomic mass is 16.7. The van der Waals surface area contributed by atoms with Crippen LogP contribution in [0.4, 0.5) is 0 Å². The third kappa shape index (κ3) is 3.60. The average molecular weight is 445 g/mol. The maximum atomic E-state index is 12.2. The van der Waals surface area contributed by atoms with Gasteiger partial charge in [0.1, 0.15) is 0 Å². The molecule has 1 aliphatic heterocycles. The van der Waals surface area contributed by atoms with Gasteiger partial charge in [-0.15, -0.1) is 0 Å². The zero-order valence-electron chi connectivity index (χ0n) is 20.1. The minimum atomic E-state index is -0.405. The molecule has 0 fully saturated rings. The predicted molar refractivity (Wildman–Crippen MR) is 130 cm³/mol. The molecule has 2 N–H and O–H groups in total. The summed E-state index contributed by atoms with van der Waals surface area (Å²) in [6, 6.07) is 14.7. The molecule has 2 aliphatic rings. The van der Waals surface area contributed by atoms with Gasteiger partial charge in [0.05, 0.1) is 5.56 Å². The van der Waals surface area contributed by atoms with E-state index < -0.39 is 5.91 Å². The molecule has 0 atom stereocenters. The number of fused-ring (bicyclic) bond motifs is 2. The summed E-state index contributed by atoms with van der Waals surface area (Å²) in [6.45, 7) is 12.1. The smallest absolute Gasteiger partial charge is 0.250 e. The Labute approximate surface area is 195 Å². The van der Waals surface area contributed by atoms with Crippen LogP contribution in [0.15, 0.2) is 42.5 Å². The molecular formula is C28H32N2O3. The summed E-state index contributed by atoms with van der Waals surface area (Å²) in [4.78, 5) is 12.2. The van der Waals surface area contributed by atoms with Gasteiger partial charge in [-0.1, -0.05) is 45.9 Å². The maximum absolute atomic E-state index is 12.2. The first-order valence-corrected chi connectivity index (χ1v) is 11.6. The molecule has 3 aromatic rings. The van der Waals surface area contributed by atoms with Gasteiger partial charge in [-0.2, -0.15) is 0 Å². The third-order valence-corrected chi connectivity index (χ3v) is 7.56. The second-order valence-corrected chi connectivity index (χ2v) is 10.7. The molecule has 0 radical (unpaired) electrons. The van der Waals surface area contributed by atoms with Crippen molar-refractivity contribution in [2.24, 2.45) is 5.73 Å². The van der Waals surface area contributed by atoms with Crippen molar-refractivity contribution in [2.45, 2.75) is 64.8 Å². The molecule has 1 aliphatic carbocycles. The van der Waals surface area contributed by atoms with Crippen LogP contribution in [0, 0.1) is 6.92 Å². The van der Waals surface area contributed by atoms with Crippen LogP contribution in [0.5, 0.6) is 11.5 Å². The molecule has 0 saturated carbocycles. The van der Waals surface area contributed by atoms with Crippen LogP contribution in [0.25, 0.3) is 11.3 Å². The van der Waals surface area contributed by atoms with Crippen LogP contribution in [-0.2, 0) is 17.4 Å². The fourth-order valence-corrected chi connectivity index (χ4v) is 5.31. The van der Waals surface area contributed by atoms with E-state index in [0.29, 0.717) is 12.1 Å². The minimum absolute atomic E-state index is 0.108. The highest BCUT2D eigenvalue weighted by molar-refractivity contribution is 5.95. The van der Waals surface area contributed by atoms with E-state index in [1.54, 1.807) is 0 Å². The van der Waals surface area contributed by atoms with Gasteiger partial charge in [-0.25, -0.2) is 0 Å². The summed E-state index contributed by atoms with van der Waals surface area (Å²) >= 11 is 0. The summed E-state index contributed by atoms with van der Waals surface area (Å²) in [5, 5.41) is 0. The van der Waals surface area contributed by atoms with Crippen LogP contribution < -0.4 is 15.2 Å². The fourth-order valence-electron chi connectivity index (χ4n) is 5.31. The van der Waals surface area contributed by atoms with Crippen molar-refractivity contribution in [3.05, 3.63) is 70.4 Å². The molecule has 2 heterocycles. The minimum Gasteiger partial charge on any atom is -0.454 e. The predicted octanol–water partition coefficient (Wildman–Crippen LogP) is 5.69. The van der Waals surface area contributed by atoms with Crippen molar-refractivity contribution in [3.63, 3.8) is 0 Å². The van der Waals surface area contributed by atoms with Crippen molar-refractivity contribution < 1.29 is 14.3 Å². The van der Waals surface area contributed by atoms with Gasteiger partial charge in [-0.05, 0) is 77.1 Å². The summed E-state index contributed by atoms with van der Waals surface area (Å²) in [6.07, 6.45) is 2.33. The largest absolute Gasteiger partial charge is 0.454 e. The van der Waals surface area contributed by atoms with Crippen molar-refractivity contribution in [1.29, 1.82) is 0 Å². The van der Waals surface area contributed by atoms with E-state index in [4.69, 9.17) is 15.2 Å². The zero-order valence-corrected chi connectivity index (χ0v) is 20.1. The number of nitrogens with zero attached hydrogens (tertiary/aromatic N) is 1. The second kappa shape index (κ2) is 7.41. The maximum Gasteiger partial charge on any atom is 0.250 e. The molecular weight excluding hydrogens is 412 g/mol. The molecule has 0 unspecified atom stereocenters. The number of aromatic nitrogens is 1. The Morgan fingerprint density at radius 2 is 1.64 bits per heavy atom. The monoisotopic (exact) mass is 444 g/mol. The van der Waals surface area contributed by atoms with Crippen molar-refractivity contribution >= 4 is 5.91 Å². The summed E-state index contributed by atoms with van der Waals surface area (Å²) < 4.78 is 13.2. The number of carbonyl (C=O) groups excluding carboxylic acids is 1. The fraction of sp³-hybridized carbons (Fsp3) is 0.393. The third-order valence-electron chi connectivity index (χ3n) is 7.56. The summed E-state index contributed by atoms with van der Waals surface area (Å²) in [7, 11) is 0. The molecule has 0 spiro atoms. The molecule has 5 rings (SSSR count). The van der Waals surface area contributed by atoms with Gasteiger partial charge in [0.2, 0.25) is 6.79 Å². The number of benzene rings is 2. The number of carbonyl (C=O) groups is 1. The number of amides is 1. The first kappa shape index (κ1) is 21.6. The van der Waals surface area contributed by atoms with Crippen molar-refractivity contribution in [2.75, 3.05) is 6.79 Å². The van der Waals surface area contributed by atoms with Gasteiger partial charge < -0.3 is 19.8 Å². The first-order valence-electron chi connectivity index (χ1n) is 11.6. The van der Waals surface area contributed by atoms with Gasteiger partial charge in [0.15, 0.2) is 11.5 Å². The Morgan fingerprint density at radius 3 is 2.36 bits per heavy atom. The van der Waals surface area contributed by atoms with Gasteiger partial charge in [0.25, 0.3) is 5.91 Å². The Kier molecular flexibility index (Phi) is 4.85. The van der Waals surface area contributed by atoms with Crippen LogP contribution in [0.1, 0.15) is 73.3 Å². The number of nitrogens with two attached hydrogens (primary N) is 1. The number of primary amides is 1. The Balaban J connectivity index is 1.63. The summed E-state index contributed by atoms with van der Waals surface area (Å²) in [5.41, 5.74) is 13.4. The quantitative estimate of drug-likeness (QED) is 0.562. The van der Waals surface area contributed by atoms with Crippen LogP contribution in [-0.4, -0.2) is 17.3 Å². The van der Waals surface area contributed by atoms with E-state index in [2.05, 4.69) is 50.5 Å².